The van der Waals surface area contributed by atoms with Crippen LogP contribution in [0.5, 0.6) is 0 Å². The van der Waals surface area contributed by atoms with Gasteiger partial charge in [-0.1, -0.05) is 0 Å². The van der Waals surface area contributed by atoms with Crippen LogP contribution < -0.4 is 11.1 Å². The van der Waals surface area contributed by atoms with Crippen molar-refractivity contribution in [2.24, 2.45) is 5.73 Å². The van der Waals surface area contributed by atoms with Crippen molar-refractivity contribution >= 4 is 5.91 Å². The first-order valence-corrected chi connectivity index (χ1v) is 6.42. The fourth-order valence-corrected chi connectivity index (χ4v) is 1.72. The first-order chi connectivity index (χ1) is 9.35. The maximum atomic E-state index is 12.0. The predicted octanol–water partition coefficient (Wildman–Crippen LogP) is 1.61. The molecular weight excluding hydrogens is 273 g/mol. The number of aromatic nitrogens is 2. The van der Waals surface area contributed by atoms with E-state index in [-0.39, 0.29) is 13.0 Å². The molecule has 20 heavy (non-hydrogen) atoms. The summed E-state index contributed by atoms with van der Waals surface area (Å²) in [6.45, 7) is 2.88. The molecule has 0 aliphatic carbocycles. The van der Waals surface area contributed by atoms with E-state index in [0.29, 0.717) is 24.3 Å². The number of rotatable bonds is 7. The van der Waals surface area contributed by atoms with E-state index in [9.17, 15) is 18.0 Å². The summed E-state index contributed by atoms with van der Waals surface area (Å²) in [7, 11) is 0. The highest BCUT2D eigenvalue weighted by Gasteiger charge is 2.26. The van der Waals surface area contributed by atoms with Gasteiger partial charge in [0.05, 0.1) is 11.8 Å². The largest absolute Gasteiger partial charge is 0.389 e. The molecule has 0 saturated carbocycles. The van der Waals surface area contributed by atoms with Crippen LogP contribution in [0.3, 0.4) is 0 Å². The summed E-state index contributed by atoms with van der Waals surface area (Å²) in [5.74, 6) is -0.399. The summed E-state index contributed by atoms with van der Waals surface area (Å²) in [5.41, 5.74) is 6.47. The van der Waals surface area contributed by atoms with Crippen LogP contribution in [0.15, 0.2) is 6.20 Å². The van der Waals surface area contributed by atoms with Crippen LogP contribution >= 0.6 is 0 Å². The van der Waals surface area contributed by atoms with E-state index in [2.05, 4.69) is 10.4 Å². The first kappa shape index (κ1) is 16.5. The number of carbonyl (C=O) groups is 1. The van der Waals surface area contributed by atoms with Gasteiger partial charge in [-0.15, -0.1) is 0 Å². The summed E-state index contributed by atoms with van der Waals surface area (Å²) < 4.78 is 37.5. The highest BCUT2D eigenvalue weighted by Crippen LogP contribution is 2.20. The van der Waals surface area contributed by atoms with Crippen molar-refractivity contribution in [1.29, 1.82) is 0 Å². The molecule has 0 radical (unpaired) electrons. The number of nitrogens with two attached hydrogens (primary N) is 1. The predicted molar refractivity (Wildman–Crippen MR) is 68.3 cm³/mol. The van der Waals surface area contributed by atoms with Crippen molar-refractivity contribution in [3.05, 3.63) is 17.5 Å². The molecule has 1 aromatic rings. The topological polar surface area (TPSA) is 72.9 Å². The van der Waals surface area contributed by atoms with Gasteiger partial charge in [-0.3, -0.25) is 9.48 Å². The molecule has 1 rings (SSSR count). The average molecular weight is 292 g/mol. The second kappa shape index (κ2) is 7.28. The Morgan fingerprint density at radius 3 is 2.75 bits per heavy atom. The van der Waals surface area contributed by atoms with E-state index in [0.717, 1.165) is 6.42 Å². The van der Waals surface area contributed by atoms with Gasteiger partial charge >= 0.3 is 6.18 Å². The van der Waals surface area contributed by atoms with Crippen LogP contribution in [0.2, 0.25) is 0 Å². The molecule has 1 heterocycles. The number of carbonyl (C=O) groups excluding carboxylic acids is 1. The average Bonchev–Trinajstić information content (AvgIpc) is 2.72. The van der Waals surface area contributed by atoms with E-state index in [1.165, 1.54) is 6.20 Å². The molecule has 1 amide bonds. The minimum absolute atomic E-state index is 0.00817. The van der Waals surface area contributed by atoms with E-state index in [1.54, 1.807) is 11.6 Å². The molecule has 0 aliphatic heterocycles. The minimum atomic E-state index is -4.19. The van der Waals surface area contributed by atoms with Crippen LogP contribution in [0.4, 0.5) is 13.2 Å². The minimum Gasteiger partial charge on any atom is -0.352 e. The molecule has 0 atom stereocenters. The lowest BCUT2D eigenvalue weighted by Gasteiger charge is -2.08. The number of hydrogen-bond acceptors (Lipinski definition) is 3. The van der Waals surface area contributed by atoms with Crippen LogP contribution in [0.25, 0.3) is 0 Å². The lowest BCUT2D eigenvalue weighted by atomic mass is 10.2. The van der Waals surface area contributed by atoms with E-state index < -0.39 is 18.5 Å². The SMILES string of the molecule is Cc1c(C(=O)NCCCC(F)(F)F)cnn1CCCN. The zero-order valence-corrected chi connectivity index (χ0v) is 11.3. The Hall–Kier alpha value is -1.57. The molecule has 0 unspecified atom stereocenters. The fraction of sp³-hybridized carbons (Fsp3) is 0.667. The number of aryl methyl sites for hydroxylation is 1. The highest BCUT2D eigenvalue weighted by molar-refractivity contribution is 5.94. The zero-order valence-electron chi connectivity index (χ0n) is 11.3. The van der Waals surface area contributed by atoms with Gasteiger partial charge < -0.3 is 11.1 Å². The Labute approximate surface area is 115 Å². The third-order valence-corrected chi connectivity index (χ3v) is 2.84. The number of nitrogens with zero attached hydrogens (tertiary/aromatic N) is 2. The number of nitrogens with one attached hydrogen (secondary N) is 1. The third-order valence-electron chi connectivity index (χ3n) is 2.84. The van der Waals surface area contributed by atoms with Gasteiger partial charge in [-0.05, 0) is 26.3 Å². The number of hydrogen-bond donors (Lipinski definition) is 2. The first-order valence-electron chi connectivity index (χ1n) is 6.42. The van der Waals surface area contributed by atoms with Crippen molar-refractivity contribution in [1.82, 2.24) is 15.1 Å². The van der Waals surface area contributed by atoms with Gasteiger partial charge in [0.25, 0.3) is 5.91 Å². The van der Waals surface area contributed by atoms with Gasteiger partial charge in [-0.2, -0.15) is 18.3 Å². The molecule has 1 aromatic heterocycles. The van der Waals surface area contributed by atoms with Crippen LogP contribution in [0, 0.1) is 6.92 Å². The number of halogens is 3. The number of alkyl halides is 3. The van der Waals surface area contributed by atoms with E-state index in [4.69, 9.17) is 5.73 Å². The normalized spacial score (nSPS) is 11.7. The van der Waals surface area contributed by atoms with Crippen LogP contribution in [-0.2, 0) is 6.54 Å². The Morgan fingerprint density at radius 1 is 1.45 bits per heavy atom. The summed E-state index contributed by atoms with van der Waals surface area (Å²) in [6, 6.07) is 0. The second-order valence-corrected chi connectivity index (χ2v) is 4.48. The molecule has 0 saturated heterocycles. The molecule has 0 aromatic carbocycles. The zero-order chi connectivity index (χ0) is 15.2. The maximum absolute atomic E-state index is 12.0. The lowest BCUT2D eigenvalue weighted by Crippen LogP contribution is -2.26. The summed E-state index contributed by atoms with van der Waals surface area (Å²) in [4.78, 5) is 11.8. The fourth-order valence-electron chi connectivity index (χ4n) is 1.72. The van der Waals surface area contributed by atoms with Crippen LogP contribution in [-0.4, -0.2) is 35.0 Å². The molecule has 114 valence electrons. The van der Waals surface area contributed by atoms with Crippen molar-refractivity contribution in [2.75, 3.05) is 13.1 Å². The van der Waals surface area contributed by atoms with Crippen molar-refractivity contribution < 1.29 is 18.0 Å². The second-order valence-electron chi connectivity index (χ2n) is 4.48. The summed E-state index contributed by atoms with van der Waals surface area (Å²) in [5, 5.41) is 6.53. The van der Waals surface area contributed by atoms with Gasteiger partial charge in [0.1, 0.15) is 0 Å². The van der Waals surface area contributed by atoms with Gasteiger partial charge in [0.2, 0.25) is 0 Å². The Bertz CT molecular complexity index is 442. The molecule has 8 heteroatoms. The van der Waals surface area contributed by atoms with Crippen molar-refractivity contribution in [3.63, 3.8) is 0 Å². The van der Waals surface area contributed by atoms with E-state index >= 15 is 0 Å². The molecule has 0 fully saturated rings. The van der Waals surface area contributed by atoms with Crippen molar-refractivity contribution in [2.45, 2.75) is 38.9 Å². The van der Waals surface area contributed by atoms with Gasteiger partial charge in [-0.25, -0.2) is 0 Å². The smallest absolute Gasteiger partial charge is 0.352 e. The quantitative estimate of drug-likeness (QED) is 0.750. The molecule has 3 N–H and O–H groups in total. The Balaban J connectivity index is 2.45. The standard InChI is InChI=1S/C12H19F3N4O/c1-9-10(8-18-19(9)7-3-5-16)11(20)17-6-2-4-12(13,14)15/h8H,2-7,16H2,1H3,(H,17,20). The van der Waals surface area contributed by atoms with Gasteiger partial charge in [0.15, 0.2) is 0 Å². The third kappa shape index (κ3) is 5.20. The number of amides is 1. The molecule has 0 bridgehead atoms. The van der Waals surface area contributed by atoms with Crippen molar-refractivity contribution in [3.8, 4) is 0 Å². The van der Waals surface area contributed by atoms with Gasteiger partial charge in [0, 0.05) is 25.2 Å². The molecule has 0 aliphatic rings. The van der Waals surface area contributed by atoms with E-state index in [1.807, 2.05) is 0 Å². The summed E-state index contributed by atoms with van der Waals surface area (Å²) >= 11 is 0. The molecular formula is C12H19F3N4O. The molecule has 5 nitrogen and oxygen atoms in total. The summed E-state index contributed by atoms with van der Waals surface area (Å²) in [6.07, 6.45) is -3.05. The molecule has 0 spiro atoms. The lowest BCUT2D eigenvalue weighted by molar-refractivity contribution is -0.135. The Kier molecular flexibility index (Phi) is 6.00. The Morgan fingerprint density at radius 2 is 2.15 bits per heavy atom. The highest BCUT2D eigenvalue weighted by atomic mass is 19.4. The maximum Gasteiger partial charge on any atom is 0.389 e. The monoisotopic (exact) mass is 292 g/mol. The van der Waals surface area contributed by atoms with Crippen LogP contribution in [0.1, 0.15) is 35.3 Å².